The lowest BCUT2D eigenvalue weighted by molar-refractivity contribution is 0.202. The zero-order valence-electron chi connectivity index (χ0n) is 8.30. The minimum atomic E-state index is -3.35. The van der Waals surface area contributed by atoms with Gasteiger partial charge in [0.25, 0.3) is 0 Å². The first-order chi connectivity index (χ1) is 6.96. The third-order valence-corrected chi connectivity index (χ3v) is 2.93. The van der Waals surface area contributed by atoms with Crippen molar-refractivity contribution in [2.75, 3.05) is 25.2 Å². The average Bonchev–Trinajstić information content (AvgIpc) is 2.14. The molecule has 3 N–H and O–H groups in total. The number of aliphatic hydroxyl groups excluding tert-OH is 1. The third kappa shape index (κ3) is 2.84. The molecule has 0 fully saturated rings. The van der Waals surface area contributed by atoms with E-state index in [1.54, 1.807) is 12.1 Å². The van der Waals surface area contributed by atoms with E-state index >= 15 is 0 Å². The van der Waals surface area contributed by atoms with Crippen molar-refractivity contribution in [1.29, 1.82) is 0 Å². The van der Waals surface area contributed by atoms with Crippen LogP contribution in [0.1, 0.15) is 0 Å². The quantitative estimate of drug-likeness (QED) is 0.714. The highest BCUT2D eigenvalue weighted by Crippen LogP contribution is 2.28. The van der Waals surface area contributed by atoms with Crippen molar-refractivity contribution < 1.29 is 18.3 Å². The highest BCUT2D eigenvalue weighted by atomic mass is 32.2. The van der Waals surface area contributed by atoms with E-state index in [0.29, 0.717) is 0 Å². The van der Waals surface area contributed by atoms with E-state index in [2.05, 4.69) is 0 Å². The van der Waals surface area contributed by atoms with Gasteiger partial charge in [0.2, 0.25) is 0 Å². The van der Waals surface area contributed by atoms with E-state index in [1.165, 1.54) is 6.07 Å². The van der Waals surface area contributed by atoms with Gasteiger partial charge in [-0.05, 0) is 12.1 Å². The number of hydrogen-bond donors (Lipinski definition) is 2. The standard InChI is InChI=1S/C9H13NO4S/c1-15(12,13)8-4-2-3-7(9(8)10)14-6-5-11/h2-4,11H,5-6,10H2,1H3. The number of ether oxygens (including phenoxy) is 1. The van der Waals surface area contributed by atoms with Crippen LogP contribution in [0.25, 0.3) is 0 Å². The van der Waals surface area contributed by atoms with Gasteiger partial charge in [0.15, 0.2) is 9.84 Å². The number of anilines is 1. The molecule has 0 saturated heterocycles. The number of aliphatic hydroxyl groups is 1. The molecule has 0 amide bonds. The summed E-state index contributed by atoms with van der Waals surface area (Å²) >= 11 is 0. The maximum atomic E-state index is 11.3. The van der Waals surface area contributed by atoms with E-state index in [4.69, 9.17) is 15.6 Å². The Balaban J connectivity index is 3.12. The molecule has 0 aliphatic rings. The molecular formula is C9H13NO4S. The molecule has 0 aliphatic carbocycles. The molecule has 6 heteroatoms. The van der Waals surface area contributed by atoms with E-state index < -0.39 is 9.84 Å². The van der Waals surface area contributed by atoms with Crippen molar-refractivity contribution in [1.82, 2.24) is 0 Å². The van der Waals surface area contributed by atoms with Gasteiger partial charge >= 0.3 is 0 Å². The minimum absolute atomic E-state index is 0.0398. The first-order valence-corrected chi connectivity index (χ1v) is 6.18. The van der Waals surface area contributed by atoms with Gasteiger partial charge in [-0.25, -0.2) is 8.42 Å². The summed E-state index contributed by atoms with van der Waals surface area (Å²) in [5.41, 5.74) is 5.70. The molecule has 0 saturated carbocycles. The monoisotopic (exact) mass is 231 g/mol. The van der Waals surface area contributed by atoms with Gasteiger partial charge in [-0.3, -0.25) is 0 Å². The zero-order chi connectivity index (χ0) is 11.5. The lowest BCUT2D eigenvalue weighted by atomic mass is 10.3. The van der Waals surface area contributed by atoms with Crippen LogP contribution in [0.15, 0.2) is 23.1 Å². The molecule has 0 spiro atoms. The summed E-state index contributed by atoms with van der Waals surface area (Å²) in [4.78, 5) is 0.0398. The van der Waals surface area contributed by atoms with Gasteiger partial charge in [-0.2, -0.15) is 0 Å². The Morgan fingerprint density at radius 2 is 2.13 bits per heavy atom. The van der Waals surface area contributed by atoms with E-state index in [1.807, 2.05) is 0 Å². The van der Waals surface area contributed by atoms with Crippen molar-refractivity contribution >= 4 is 15.5 Å². The van der Waals surface area contributed by atoms with Crippen molar-refractivity contribution in [3.63, 3.8) is 0 Å². The van der Waals surface area contributed by atoms with Gasteiger partial charge in [0, 0.05) is 6.26 Å². The smallest absolute Gasteiger partial charge is 0.177 e. The number of benzene rings is 1. The Bertz CT molecular complexity index is 441. The molecule has 0 bridgehead atoms. The molecule has 5 nitrogen and oxygen atoms in total. The molecule has 0 aromatic heterocycles. The summed E-state index contributed by atoms with van der Waals surface area (Å²) in [6.07, 6.45) is 1.08. The zero-order valence-corrected chi connectivity index (χ0v) is 9.12. The Hall–Kier alpha value is -1.27. The fourth-order valence-corrected chi connectivity index (χ4v) is 1.95. The number of nitrogens with two attached hydrogens (primary N) is 1. The maximum Gasteiger partial charge on any atom is 0.177 e. The van der Waals surface area contributed by atoms with E-state index in [9.17, 15) is 8.42 Å². The largest absolute Gasteiger partial charge is 0.489 e. The first kappa shape index (κ1) is 11.8. The van der Waals surface area contributed by atoms with Crippen LogP contribution >= 0.6 is 0 Å². The topological polar surface area (TPSA) is 89.6 Å². The molecule has 84 valence electrons. The van der Waals surface area contributed by atoms with Crippen molar-refractivity contribution in [3.8, 4) is 5.75 Å². The van der Waals surface area contributed by atoms with Gasteiger partial charge in [-0.15, -0.1) is 0 Å². The summed E-state index contributed by atoms with van der Waals surface area (Å²) < 4.78 is 27.7. The third-order valence-electron chi connectivity index (χ3n) is 1.77. The molecule has 1 aromatic rings. The SMILES string of the molecule is CS(=O)(=O)c1cccc(OCCO)c1N. The second kappa shape index (κ2) is 4.50. The fourth-order valence-electron chi connectivity index (χ4n) is 1.13. The van der Waals surface area contributed by atoms with Gasteiger partial charge < -0.3 is 15.6 Å². The van der Waals surface area contributed by atoms with Gasteiger partial charge in [-0.1, -0.05) is 6.07 Å². The van der Waals surface area contributed by atoms with Crippen LogP contribution in [0, 0.1) is 0 Å². The summed E-state index contributed by atoms with van der Waals surface area (Å²) in [7, 11) is -3.35. The summed E-state index contributed by atoms with van der Waals surface area (Å²) in [5.74, 6) is 0.270. The van der Waals surface area contributed by atoms with E-state index in [0.717, 1.165) is 6.26 Å². The Morgan fingerprint density at radius 1 is 1.47 bits per heavy atom. The number of rotatable bonds is 4. The molecule has 0 unspecified atom stereocenters. The Labute approximate surface area is 88.4 Å². The van der Waals surface area contributed by atoms with Crippen LogP contribution in [-0.4, -0.2) is 33.0 Å². The molecule has 0 atom stereocenters. The predicted octanol–water partition coefficient (Wildman–Crippen LogP) is 0.0434. The van der Waals surface area contributed by atoms with Crippen molar-refractivity contribution in [2.24, 2.45) is 0 Å². The lowest BCUT2D eigenvalue weighted by Gasteiger charge is -2.10. The van der Waals surface area contributed by atoms with Crippen LogP contribution < -0.4 is 10.5 Å². The number of hydrogen-bond acceptors (Lipinski definition) is 5. The lowest BCUT2D eigenvalue weighted by Crippen LogP contribution is -2.07. The van der Waals surface area contributed by atoms with Crippen LogP contribution in [0.3, 0.4) is 0 Å². The maximum absolute atomic E-state index is 11.3. The summed E-state index contributed by atoms with van der Waals surface area (Å²) in [6, 6.07) is 4.51. The van der Waals surface area contributed by atoms with Crippen molar-refractivity contribution in [2.45, 2.75) is 4.90 Å². The second-order valence-electron chi connectivity index (χ2n) is 3.01. The molecule has 0 radical (unpaired) electrons. The van der Waals surface area contributed by atoms with Gasteiger partial charge in [0.05, 0.1) is 17.2 Å². The van der Waals surface area contributed by atoms with Crippen LogP contribution in [0.2, 0.25) is 0 Å². The second-order valence-corrected chi connectivity index (χ2v) is 5.00. The molecule has 1 rings (SSSR count). The molecule has 0 heterocycles. The summed E-state index contributed by atoms with van der Waals surface area (Å²) in [5, 5.41) is 8.56. The van der Waals surface area contributed by atoms with Crippen LogP contribution in [-0.2, 0) is 9.84 Å². The molecule has 0 aliphatic heterocycles. The van der Waals surface area contributed by atoms with Crippen LogP contribution in [0.5, 0.6) is 5.75 Å². The Kier molecular flexibility index (Phi) is 3.54. The highest BCUT2D eigenvalue weighted by molar-refractivity contribution is 7.90. The van der Waals surface area contributed by atoms with E-state index in [-0.39, 0.29) is 29.5 Å². The average molecular weight is 231 g/mol. The first-order valence-electron chi connectivity index (χ1n) is 4.29. The molecule has 1 aromatic carbocycles. The number of para-hydroxylation sites is 1. The molecule has 15 heavy (non-hydrogen) atoms. The fraction of sp³-hybridized carbons (Fsp3) is 0.333. The van der Waals surface area contributed by atoms with Crippen LogP contribution in [0.4, 0.5) is 5.69 Å². The van der Waals surface area contributed by atoms with Crippen molar-refractivity contribution in [3.05, 3.63) is 18.2 Å². The minimum Gasteiger partial charge on any atom is -0.489 e. The number of nitrogen functional groups attached to an aromatic ring is 1. The highest BCUT2D eigenvalue weighted by Gasteiger charge is 2.14. The van der Waals surface area contributed by atoms with Gasteiger partial charge in [0.1, 0.15) is 12.4 Å². The predicted molar refractivity (Wildman–Crippen MR) is 56.5 cm³/mol. The normalized spacial score (nSPS) is 11.3. The Morgan fingerprint density at radius 3 is 2.67 bits per heavy atom. The number of sulfone groups is 1. The molecular weight excluding hydrogens is 218 g/mol. The summed E-state index contributed by atoms with van der Waals surface area (Å²) in [6.45, 7) is -0.0695.